The minimum atomic E-state index is -0.440. The maximum absolute atomic E-state index is 12.4. The van der Waals surface area contributed by atoms with Crippen LogP contribution in [0.1, 0.15) is 62.5 Å². The van der Waals surface area contributed by atoms with Crippen molar-refractivity contribution in [3.63, 3.8) is 0 Å². The normalized spacial score (nSPS) is 25.3. The molecule has 1 atom stereocenters. The Morgan fingerprint density at radius 1 is 1.17 bits per heavy atom. The van der Waals surface area contributed by atoms with Crippen LogP contribution in [0, 0.1) is 12.3 Å². The number of carbonyl (C=O) groups is 2. The summed E-state index contributed by atoms with van der Waals surface area (Å²) in [5.41, 5.74) is 4.71. The highest BCUT2D eigenvalue weighted by Crippen LogP contribution is 2.49. The van der Waals surface area contributed by atoms with E-state index in [2.05, 4.69) is 47.2 Å². The third-order valence-electron chi connectivity index (χ3n) is 8.72. The topological polar surface area (TPSA) is 73.9 Å². The molecule has 0 radical (unpaired) electrons. The molecule has 2 amide bonds. The third-order valence-corrected chi connectivity index (χ3v) is 8.72. The molecule has 4 fully saturated rings. The summed E-state index contributed by atoms with van der Waals surface area (Å²) in [6, 6.07) is 6.06. The van der Waals surface area contributed by atoms with Gasteiger partial charge in [-0.15, -0.1) is 0 Å². The number of carbonyl (C=O) groups excluding carboxylic acids is 2. The van der Waals surface area contributed by atoms with E-state index in [-0.39, 0.29) is 5.91 Å². The Balaban J connectivity index is 1.14. The summed E-state index contributed by atoms with van der Waals surface area (Å²) in [6.07, 6.45) is 10.2. The average Bonchev–Trinajstić information content (AvgIpc) is 2.84. The lowest BCUT2D eigenvalue weighted by Gasteiger charge is -2.51. The Morgan fingerprint density at radius 3 is 2.60 bits per heavy atom. The largest absolute Gasteiger partial charge is 0.375 e. The fourth-order valence-corrected chi connectivity index (χ4v) is 6.41. The van der Waals surface area contributed by atoms with Crippen molar-refractivity contribution in [2.75, 3.05) is 31.1 Å². The van der Waals surface area contributed by atoms with Crippen LogP contribution in [0.4, 0.5) is 5.69 Å². The Morgan fingerprint density at radius 2 is 1.91 bits per heavy atom. The fraction of sp³-hybridized carbons (Fsp3) is 0.643. The van der Waals surface area contributed by atoms with Gasteiger partial charge in [-0.05, 0) is 100 Å². The minimum Gasteiger partial charge on any atom is -0.375 e. The molecule has 1 aromatic carbocycles. The number of aryl methyl sites for hydroxylation is 1. The zero-order valence-electron chi connectivity index (χ0n) is 21.1. The molecule has 4 aliphatic rings. The summed E-state index contributed by atoms with van der Waals surface area (Å²) in [5.74, 6) is -0.137. The molecule has 0 bridgehead atoms. The molecule has 0 aromatic heterocycles. The summed E-state index contributed by atoms with van der Waals surface area (Å²) < 4.78 is 6.50. The van der Waals surface area contributed by atoms with Gasteiger partial charge in [0.2, 0.25) is 12.3 Å². The van der Waals surface area contributed by atoms with E-state index in [0.29, 0.717) is 37.0 Å². The van der Waals surface area contributed by atoms with Gasteiger partial charge in [-0.25, -0.2) is 0 Å². The van der Waals surface area contributed by atoms with Crippen molar-refractivity contribution < 1.29 is 14.3 Å². The second-order valence-corrected chi connectivity index (χ2v) is 11.1. The molecule has 2 N–H and O–H groups in total. The van der Waals surface area contributed by atoms with Crippen molar-refractivity contribution >= 4 is 18.0 Å². The van der Waals surface area contributed by atoms with E-state index >= 15 is 0 Å². The number of nitrogens with zero attached hydrogens (tertiary/aromatic N) is 2. The lowest BCUT2D eigenvalue weighted by atomic mass is 9.61. The van der Waals surface area contributed by atoms with Gasteiger partial charge < -0.3 is 25.2 Å². The number of amides is 2. The molecule has 7 heteroatoms. The number of hydrogen-bond acceptors (Lipinski definition) is 5. The van der Waals surface area contributed by atoms with Crippen LogP contribution >= 0.6 is 0 Å². The predicted octanol–water partition coefficient (Wildman–Crippen LogP) is 3.26. The fourth-order valence-electron chi connectivity index (χ4n) is 6.41. The molecule has 1 aliphatic carbocycles. The molecule has 1 saturated carbocycles. The number of allylic oxidation sites excluding steroid dienone is 1. The molecule has 7 nitrogen and oxygen atoms in total. The van der Waals surface area contributed by atoms with E-state index in [4.69, 9.17) is 4.74 Å². The number of hydrogen-bond donors (Lipinski definition) is 2. The number of benzene rings is 1. The van der Waals surface area contributed by atoms with Crippen LogP contribution in [0.3, 0.4) is 0 Å². The van der Waals surface area contributed by atoms with Crippen molar-refractivity contribution in [1.29, 1.82) is 0 Å². The van der Waals surface area contributed by atoms with Crippen LogP contribution in [-0.2, 0) is 20.9 Å². The molecule has 1 unspecified atom stereocenters. The zero-order chi connectivity index (χ0) is 24.4. The highest BCUT2D eigenvalue weighted by molar-refractivity contribution is 5.86. The minimum absolute atomic E-state index is 0.137. The molecular formula is C28H40N4O3. The van der Waals surface area contributed by atoms with Gasteiger partial charge >= 0.3 is 0 Å². The molecule has 190 valence electrons. The zero-order valence-corrected chi connectivity index (χ0v) is 21.1. The van der Waals surface area contributed by atoms with Gasteiger partial charge in [-0.1, -0.05) is 12.6 Å². The van der Waals surface area contributed by atoms with Crippen LogP contribution in [0.15, 0.2) is 30.5 Å². The van der Waals surface area contributed by atoms with Gasteiger partial charge in [0.25, 0.3) is 0 Å². The lowest BCUT2D eigenvalue weighted by Crippen LogP contribution is -2.50. The summed E-state index contributed by atoms with van der Waals surface area (Å²) in [6.45, 7) is 10.6. The Bertz CT molecular complexity index is 942. The van der Waals surface area contributed by atoms with Crippen molar-refractivity contribution in [3.05, 3.63) is 41.6 Å². The highest BCUT2D eigenvalue weighted by Gasteiger charge is 2.46. The van der Waals surface area contributed by atoms with E-state index in [0.717, 1.165) is 62.3 Å². The van der Waals surface area contributed by atoms with Gasteiger partial charge in [0.05, 0.1) is 12.2 Å². The molecule has 3 aliphatic heterocycles. The van der Waals surface area contributed by atoms with Gasteiger partial charge in [0.15, 0.2) is 0 Å². The first kappa shape index (κ1) is 24.3. The molecule has 3 heterocycles. The average molecular weight is 481 g/mol. The van der Waals surface area contributed by atoms with Crippen molar-refractivity contribution in [3.8, 4) is 0 Å². The van der Waals surface area contributed by atoms with Gasteiger partial charge in [0, 0.05) is 31.0 Å². The standard InChI is InChI=1S/C28H40N4O3/c1-20-3-5-23(15-22(20)18-32(19-33)26-6-4-21(2)30-27(26)34)31-13-7-24(8-14-31)35-25-16-28(17-25)9-11-29-12-10-28/h3,5,15,19,24-26,29H,2,4,6-14,16-18H2,1H3,(H,30,34). The second-order valence-electron chi connectivity index (χ2n) is 11.1. The molecular weight excluding hydrogens is 440 g/mol. The Kier molecular flexibility index (Phi) is 7.17. The van der Waals surface area contributed by atoms with Crippen LogP contribution < -0.4 is 15.5 Å². The highest BCUT2D eigenvalue weighted by atomic mass is 16.5. The smallest absolute Gasteiger partial charge is 0.246 e. The van der Waals surface area contributed by atoms with E-state index < -0.39 is 6.04 Å². The Labute approximate surface area is 209 Å². The summed E-state index contributed by atoms with van der Waals surface area (Å²) in [4.78, 5) is 28.4. The summed E-state index contributed by atoms with van der Waals surface area (Å²) in [7, 11) is 0. The summed E-state index contributed by atoms with van der Waals surface area (Å²) >= 11 is 0. The van der Waals surface area contributed by atoms with Gasteiger partial charge in [0.1, 0.15) is 6.04 Å². The first-order valence-electron chi connectivity index (χ1n) is 13.3. The maximum atomic E-state index is 12.4. The maximum Gasteiger partial charge on any atom is 0.246 e. The van der Waals surface area contributed by atoms with E-state index in [1.54, 1.807) is 4.90 Å². The molecule has 5 rings (SSSR count). The molecule has 3 saturated heterocycles. The monoisotopic (exact) mass is 480 g/mol. The van der Waals surface area contributed by atoms with E-state index in [1.807, 2.05) is 0 Å². The third kappa shape index (κ3) is 5.41. The van der Waals surface area contributed by atoms with Crippen molar-refractivity contribution in [2.45, 2.75) is 83.1 Å². The first-order chi connectivity index (χ1) is 16.9. The van der Waals surface area contributed by atoms with Gasteiger partial charge in [-0.2, -0.15) is 0 Å². The Hall–Kier alpha value is -2.38. The number of piperidine rings is 3. The lowest BCUT2D eigenvalue weighted by molar-refractivity contribution is -0.134. The molecule has 1 aromatic rings. The number of rotatable bonds is 7. The van der Waals surface area contributed by atoms with Crippen LogP contribution in [0.5, 0.6) is 0 Å². The molecule has 1 spiro atoms. The van der Waals surface area contributed by atoms with Crippen LogP contribution in [-0.4, -0.2) is 61.6 Å². The van der Waals surface area contributed by atoms with E-state index in [1.165, 1.54) is 31.4 Å². The van der Waals surface area contributed by atoms with Gasteiger partial charge in [-0.3, -0.25) is 9.59 Å². The SMILES string of the molecule is C=C1CCC(N(C=O)Cc2cc(N3CCC(OC4CC5(CCNCC5)C4)CC3)ccc2C)C(=O)N1. The van der Waals surface area contributed by atoms with Crippen molar-refractivity contribution in [1.82, 2.24) is 15.5 Å². The van der Waals surface area contributed by atoms with E-state index in [9.17, 15) is 9.59 Å². The van der Waals surface area contributed by atoms with Crippen molar-refractivity contribution in [2.24, 2.45) is 5.41 Å². The van der Waals surface area contributed by atoms with Crippen LogP contribution in [0.2, 0.25) is 0 Å². The van der Waals surface area contributed by atoms with Crippen LogP contribution in [0.25, 0.3) is 0 Å². The first-order valence-corrected chi connectivity index (χ1v) is 13.3. The predicted molar refractivity (Wildman–Crippen MR) is 137 cm³/mol. The quantitative estimate of drug-likeness (QED) is 0.586. The second kappa shape index (κ2) is 10.3. The number of ether oxygens (including phenoxy) is 1. The number of nitrogens with one attached hydrogen (secondary N) is 2. The molecule has 35 heavy (non-hydrogen) atoms. The number of anilines is 1. The summed E-state index contributed by atoms with van der Waals surface area (Å²) in [5, 5.41) is 6.27.